The van der Waals surface area contributed by atoms with Crippen LogP contribution in [0.1, 0.15) is 11.1 Å². The monoisotopic (exact) mass is 287 g/mol. The number of rotatable bonds is 2. The Hall–Kier alpha value is -1.91. The minimum Gasteiger partial charge on any atom is -0.325 e. The summed E-state index contributed by atoms with van der Waals surface area (Å²) in [5.41, 5.74) is 3.14. The molecule has 1 aromatic carbocycles. The first-order valence-electron chi connectivity index (χ1n) is 6.45. The number of pyridine rings is 1. The fourth-order valence-corrected chi connectivity index (χ4v) is 2.52. The van der Waals surface area contributed by atoms with Gasteiger partial charge in [-0.3, -0.25) is 4.79 Å². The molecule has 2 heterocycles. The van der Waals surface area contributed by atoms with Crippen molar-refractivity contribution in [3.05, 3.63) is 58.9 Å². The standard InChI is InChI=1S/C15H14ClN3O/c16-14-8-12(5-6-17-14)19-15(20)13-7-10-3-1-2-4-11(10)9-18-13/h1-6,8,13,18H,7,9H2,(H,17,19,20). The lowest BCUT2D eigenvalue weighted by Crippen LogP contribution is -2.44. The molecule has 1 aromatic heterocycles. The van der Waals surface area contributed by atoms with E-state index in [-0.39, 0.29) is 11.9 Å². The number of nitrogens with one attached hydrogen (secondary N) is 2. The van der Waals surface area contributed by atoms with E-state index in [1.165, 1.54) is 11.1 Å². The molecule has 0 saturated heterocycles. The van der Waals surface area contributed by atoms with Crippen LogP contribution in [0.4, 0.5) is 5.69 Å². The molecular weight excluding hydrogens is 274 g/mol. The normalized spacial score (nSPS) is 17.4. The minimum absolute atomic E-state index is 0.0539. The van der Waals surface area contributed by atoms with Crippen molar-refractivity contribution >= 4 is 23.2 Å². The first-order valence-corrected chi connectivity index (χ1v) is 6.83. The van der Waals surface area contributed by atoms with Gasteiger partial charge in [-0.1, -0.05) is 35.9 Å². The molecule has 3 rings (SSSR count). The van der Waals surface area contributed by atoms with Crippen LogP contribution in [0.3, 0.4) is 0 Å². The Labute approximate surface area is 122 Å². The van der Waals surface area contributed by atoms with Gasteiger partial charge in [0.1, 0.15) is 5.15 Å². The molecule has 1 atom stereocenters. The molecule has 102 valence electrons. The zero-order valence-electron chi connectivity index (χ0n) is 10.8. The molecule has 5 heteroatoms. The fourth-order valence-electron chi connectivity index (χ4n) is 2.35. The summed E-state index contributed by atoms with van der Waals surface area (Å²) in [6.07, 6.45) is 2.27. The SMILES string of the molecule is O=C(Nc1ccnc(Cl)c1)C1Cc2ccccc2CN1. The number of hydrogen-bond acceptors (Lipinski definition) is 3. The Morgan fingerprint density at radius 1 is 1.30 bits per heavy atom. The average molecular weight is 288 g/mol. The summed E-state index contributed by atoms with van der Waals surface area (Å²) in [5, 5.41) is 6.47. The van der Waals surface area contributed by atoms with Gasteiger partial charge in [0.15, 0.2) is 0 Å². The van der Waals surface area contributed by atoms with E-state index in [0.717, 1.165) is 0 Å². The van der Waals surface area contributed by atoms with Crippen LogP contribution in [-0.2, 0) is 17.8 Å². The zero-order valence-corrected chi connectivity index (χ0v) is 11.5. The maximum atomic E-state index is 12.3. The van der Waals surface area contributed by atoms with Gasteiger partial charge in [-0.2, -0.15) is 0 Å². The predicted molar refractivity (Wildman–Crippen MR) is 78.7 cm³/mol. The molecule has 0 saturated carbocycles. The number of carbonyl (C=O) groups excluding carboxylic acids is 1. The van der Waals surface area contributed by atoms with Crippen molar-refractivity contribution in [1.82, 2.24) is 10.3 Å². The third-order valence-corrected chi connectivity index (χ3v) is 3.60. The molecule has 2 N–H and O–H groups in total. The quantitative estimate of drug-likeness (QED) is 0.834. The highest BCUT2D eigenvalue weighted by Gasteiger charge is 2.23. The smallest absolute Gasteiger partial charge is 0.241 e. The summed E-state index contributed by atoms with van der Waals surface area (Å²) in [6.45, 7) is 0.714. The van der Waals surface area contributed by atoms with Gasteiger partial charge in [0.25, 0.3) is 0 Å². The van der Waals surface area contributed by atoms with Gasteiger partial charge in [0, 0.05) is 18.4 Å². The van der Waals surface area contributed by atoms with Crippen molar-refractivity contribution in [2.75, 3.05) is 5.32 Å². The van der Waals surface area contributed by atoms with Gasteiger partial charge >= 0.3 is 0 Å². The van der Waals surface area contributed by atoms with Gasteiger partial charge in [0.05, 0.1) is 6.04 Å². The lowest BCUT2D eigenvalue weighted by Gasteiger charge is -2.25. The van der Waals surface area contributed by atoms with Crippen LogP contribution in [-0.4, -0.2) is 16.9 Å². The largest absolute Gasteiger partial charge is 0.325 e. The molecule has 4 nitrogen and oxygen atoms in total. The number of halogens is 1. The van der Waals surface area contributed by atoms with E-state index in [9.17, 15) is 4.79 Å². The molecule has 1 aliphatic heterocycles. The number of fused-ring (bicyclic) bond motifs is 1. The minimum atomic E-state index is -0.225. The van der Waals surface area contributed by atoms with E-state index in [1.54, 1.807) is 18.3 Å². The topological polar surface area (TPSA) is 54.0 Å². The second kappa shape index (κ2) is 5.61. The molecule has 0 aliphatic carbocycles. The van der Waals surface area contributed by atoms with E-state index in [4.69, 9.17) is 11.6 Å². The first kappa shape index (κ1) is 13.1. The highest BCUT2D eigenvalue weighted by molar-refractivity contribution is 6.29. The van der Waals surface area contributed by atoms with Gasteiger partial charge in [-0.15, -0.1) is 0 Å². The molecule has 0 spiro atoms. The highest BCUT2D eigenvalue weighted by Crippen LogP contribution is 2.18. The van der Waals surface area contributed by atoms with Gasteiger partial charge in [-0.05, 0) is 29.7 Å². The molecular formula is C15H14ClN3O. The van der Waals surface area contributed by atoms with Crippen molar-refractivity contribution in [2.24, 2.45) is 0 Å². The molecule has 0 bridgehead atoms. The molecule has 2 aromatic rings. The third kappa shape index (κ3) is 2.81. The van der Waals surface area contributed by atoms with Crippen molar-refractivity contribution in [2.45, 2.75) is 19.0 Å². The van der Waals surface area contributed by atoms with Crippen molar-refractivity contribution < 1.29 is 4.79 Å². The third-order valence-electron chi connectivity index (χ3n) is 3.39. The van der Waals surface area contributed by atoms with Gasteiger partial charge in [-0.25, -0.2) is 4.98 Å². The number of anilines is 1. The van der Waals surface area contributed by atoms with Crippen molar-refractivity contribution in [3.63, 3.8) is 0 Å². The Morgan fingerprint density at radius 2 is 2.10 bits per heavy atom. The Balaban J connectivity index is 1.70. The maximum Gasteiger partial charge on any atom is 0.241 e. The van der Waals surface area contributed by atoms with E-state index < -0.39 is 0 Å². The zero-order chi connectivity index (χ0) is 13.9. The maximum absolute atomic E-state index is 12.3. The summed E-state index contributed by atoms with van der Waals surface area (Å²) in [7, 11) is 0. The van der Waals surface area contributed by atoms with Crippen molar-refractivity contribution in [1.29, 1.82) is 0 Å². The molecule has 0 radical (unpaired) electrons. The summed E-state index contributed by atoms with van der Waals surface area (Å²) >= 11 is 5.80. The van der Waals surface area contributed by atoms with Crippen LogP contribution in [0, 0.1) is 0 Å². The Morgan fingerprint density at radius 3 is 2.90 bits per heavy atom. The second-order valence-corrected chi connectivity index (χ2v) is 5.15. The molecule has 1 unspecified atom stereocenters. The summed E-state index contributed by atoms with van der Waals surface area (Å²) in [6, 6.07) is 11.3. The Bertz CT molecular complexity index is 645. The van der Waals surface area contributed by atoms with Gasteiger partial charge < -0.3 is 10.6 Å². The lowest BCUT2D eigenvalue weighted by atomic mass is 9.95. The molecule has 0 fully saturated rings. The number of nitrogens with zero attached hydrogens (tertiary/aromatic N) is 1. The summed E-state index contributed by atoms with van der Waals surface area (Å²) in [5.74, 6) is -0.0539. The van der Waals surface area contributed by atoms with Crippen LogP contribution in [0.15, 0.2) is 42.6 Å². The number of amides is 1. The number of carbonyl (C=O) groups is 1. The van der Waals surface area contributed by atoms with E-state index in [1.807, 2.05) is 12.1 Å². The van der Waals surface area contributed by atoms with Crippen LogP contribution >= 0.6 is 11.6 Å². The van der Waals surface area contributed by atoms with E-state index in [0.29, 0.717) is 23.8 Å². The summed E-state index contributed by atoms with van der Waals surface area (Å²) in [4.78, 5) is 16.1. The van der Waals surface area contributed by atoms with Gasteiger partial charge in [0.2, 0.25) is 5.91 Å². The number of aromatic nitrogens is 1. The first-order chi connectivity index (χ1) is 9.72. The van der Waals surface area contributed by atoms with E-state index in [2.05, 4.69) is 27.8 Å². The fraction of sp³-hybridized carbons (Fsp3) is 0.200. The van der Waals surface area contributed by atoms with Crippen LogP contribution < -0.4 is 10.6 Å². The lowest BCUT2D eigenvalue weighted by molar-refractivity contribution is -0.118. The number of hydrogen-bond donors (Lipinski definition) is 2. The average Bonchev–Trinajstić information content (AvgIpc) is 2.47. The molecule has 1 aliphatic rings. The van der Waals surface area contributed by atoms with E-state index >= 15 is 0 Å². The molecule has 20 heavy (non-hydrogen) atoms. The predicted octanol–water partition coefficient (Wildman–Crippen LogP) is 2.39. The van der Waals surface area contributed by atoms with Crippen LogP contribution in [0.2, 0.25) is 5.15 Å². The molecule has 1 amide bonds. The van der Waals surface area contributed by atoms with Crippen LogP contribution in [0.5, 0.6) is 0 Å². The van der Waals surface area contributed by atoms with Crippen LogP contribution in [0.25, 0.3) is 0 Å². The second-order valence-electron chi connectivity index (χ2n) is 4.76. The summed E-state index contributed by atoms with van der Waals surface area (Å²) < 4.78 is 0. The Kier molecular flexibility index (Phi) is 3.67. The van der Waals surface area contributed by atoms with Crippen molar-refractivity contribution in [3.8, 4) is 0 Å². The number of benzene rings is 1. The highest BCUT2D eigenvalue weighted by atomic mass is 35.5.